The van der Waals surface area contributed by atoms with Crippen molar-refractivity contribution in [2.45, 2.75) is 19.9 Å². The Morgan fingerprint density at radius 2 is 2.29 bits per heavy atom. The highest BCUT2D eigenvalue weighted by Crippen LogP contribution is 2.17. The highest BCUT2D eigenvalue weighted by Gasteiger charge is 2.12. The predicted octanol–water partition coefficient (Wildman–Crippen LogP) is 1.22. The Morgan fingerprint density at radius 1 is 1.47 bits per heavy atom. The molecule has 1 atom stereocenters. The summed E-state index contributed by atoms with van der Waals surface area (Å²) in [7, 11) is 1.84. The summed E-state index contributed by atoms with van der Waals surface area (Å²) in [4.78, 5) is 0. The standard InChI is InChI=1S/C10H16N6O/c1-4-11-7(2)9-14-15-10(17-9)13-8-5-12-16(3)6-8/h5-7,11H,4H2,1-3H3,(H,13,15). The maximum atomic E-state index is 5.48. The lowest BCUT2D eigenvalue weighted by Gasteiger charge is -2.05. The third-order valence-electron chi connectivity index (χ3n) is 2.28. The minimum Gasteiger partial charge on any atom is -0.406 e. The summed E-state index contributed by atoms with van der Waals surface area (Å²) in [6.45, 7) is 4.86. The molecule has 0 aliphatic rings. The first kappa shape index (κ1) is 11.6. The zero-order valence-electron chi connectivity index (χ0n) is 10.1. The monoisotopic (exact) mass is 236 g/mol. The molecule has 17 heavy (non-hydrogen) atoms. The molecule has 0 saturated heterocycles. The van der Waals surface area contributed by atoms with Crippen molar-refractivity contribution < 1.29 is 4.42 Å². The Labute approximate surface area is 99.2 Å². The molecule has 0 radical (unpaired) electrons. The maximum Gasteiger partial charge on any atom is 0.320 e. The molecule has 7 nitrogen and oxygen atoms in total. The molecule has 0 fully saturated rings. The van der Waals surface area contributed by atoms with Crippen LogP contribution in [-0.4, -0.2) is 26.5 Å². The van der Waals surface area contributed by atoms with E-state index >= 15 is 0 Å². The molecule has 2 rings (SSSR count). The number of nitrogens with zero attached hydrogens (tertiary/aromatic N) is 4. The molecule has 0 aliphatic carbocycles. The fourth-order valence-corrected chi connectivity index (χ4v) is 1.46. The quantitative estimate of drug-likeness (QED) is 0.812. The van der Waals surface area contributed by atoms with Gasteiger partial charge < -0.3 is 15.1 Å². The van der Waals surface area contributed by atoms with Gasteiger partial charge in [-0.1, -0.05) is 12.0 Å². The second-order valence-electron chi connectivity index (χ2n) is 3.75. The van der Waals surface area contributed by atoms with Crippen LogP contribution in [-0.2, 0) is 7.05 Å². The van der Waals surface area contributed by atoms with Crippen molar-refractivity contribution in [1.82, 2.24) is 25.3 Å². The smallest absolute Gasteiger partial charge is 0.320 e. The van der Waals surface area contributed by atoms with E-state index < -0.39 is 0 Å². The van der Waals surface area contributed by atoms with Crippen molar-refractivity contribution in [3.8, 4) is 0 Å². The van der Waals surface area contributed by atoms with E-state index in [4.69, 9.17) is 4.42 Å². The molecule has 0 amide bonds. The lowest BCUT2D eigenvalue weighted by atomic mass is 10.3. The van der Waals surface area contributed by atoms with E-state index in [9.17, 15) is 0 Å². The average Bonchev–Trinajstić information content (AvgIpc) is 2.89. The average molecular weight is 236 g/mol. The minimum atomic E-state index is 0.0527. The number of rotatable bonds is 5. The van der Waals surface area contributed by atoms with Crippen LogP contribution >= 0.6 is 0 Å². The van der Waals surface area contributed by atoms with E-state index in [1.807, 2.05) is 27.1 Å². The number of anilines is 2. The minimum absolute atomic E-state index is 0.0527. The van der Waals surface area contributed by atoms with Crippen molar-refractivity contribution in [1.29, 1.82) is 0 Å². The zero-order valence-corrected chi connectivity index (χ0v) is 10.1. The van der Waals surface area contributed by atoms with Crippen LogP contribution in [0.1, 0.15) is 25.8 Å². The molecule has 0 bridgehead atoms. The van der Waals surface area contributed by atoms with Gasteiger partial charge in [0.1, 0.15) is 0 Å². The van der Waals surface area contributed by atoms with E-state index in [0.717, 1.165) is 12.2 Å². The summed E-state index contributed by atoms with van der Waals surface area (Å²) >= 11 is 0. The first-order valence-corrected chi connectivity index (χ1v) is 5.51. The summed E-state index contributed by atoms with van der Waals surface area (Å²) in [6.07, 6.45) is 3.52. The molecule has 1 unspecified atom stereocenters. The van der Waals surface area contributed by atoms with Crippen LogP contribution in [0.3, 0.4) is 0 Å². The lowest BCUT2D eigenvalue weighted by molar-refractivity contribution is 0.430. The zero-order chi connectivity index (χ0) is 12.3. The second kappa shape index (κ2) is 4.96. The Kier molecular flexibility index (Phi) is 3.38. The van der Waals surface area contributed by atoms with Crippen LogP contribution in [0.5, 0.6) is 0 Å². The highest BCUT2D eigenvalue weighted by atomic mass is 16.4. The first-order chi connectivity index (χ1) is 8.19. The van der Waals surface area contributed by atoms with Crippen molar-refractivity contribution in [2.24, 2.45) is 7.05 Å². The number of hydrogen-bond acceptors (Lipinski definition) is 6. The lowest BCUT2D eigenvalue weighted by Crippen LogP contribution is -2.17. The molecule has 0 aliphatic heterocycles. The van der Waals surface area contributed by atoms with Crippen molar-refractivity contribution >= 4 is 11.7 Å². The summed E-state index contributed by atoms with van der Waals surface area (Å²) in [5.41, 5.74) is 0.818. The SMILES string of the molecule is CCNC(C)c1nnc(Nc2cnn(C)c2)o1. The third-order valence-corrected chi connectivity index (χ3v) is 2.28. The maximum absolute atomic E-state index is 5.48. The molecule has 2 aromatic rings. The van der Waals surface area contributed by atoms with Gasteiger partial charge in [0.2, 0.25) is 5.89 Å². The first-order valence-electron chi connectivity index (χ1n) is 5.51. The number of nitrogens with one attached hydrogen (secondary N) is 2. The van der Waals surface area contributed by atoms with Gasteiger partial charge in [0.15, 0.2) is 0 Å². The molecule has 0 aromatic carbocycles. The molecule has 2 aromatic heterocycles. The molecule has 2 N–H and O–H groups in total. The van der Waals surface area contributed by atoms with Gasteiger partial charge in [-0.2, -0.15) is 5.10 Å². The van der Waals surface area contributed by atoms with Gasteiger partial charge in [-0.15, -0.1) is 5.10 Å². The molecular weight excluding hydrogens is 220 g/mol. The number of aromatic nitrogens is 4. The Morgan fingerprint density at radius 3 is 2.94 bits per heavy atom. The van der Waals surface area contributed by atoms with Crippen LogP contribution in [0.2, 0.25) is 0 Å². The number of hydrogen-bond donors (Lipinski definition) is 2. The van der Waals surface area contributed by atoms with Gasteiger partial charge in [-0.05, 0) is 13.5 Å². The molecule has 92 valence electrons. The largest absolute Gasteiger partial charge is 0.406 e. The van der Waals surface area contributed by atoms with Gasteiger partial charge in [0, 0.05) is 13.2 Å². The molecule has 7 heteroatoms. The van der Waals surface area contributed by atoms with Crippen molar-refractivity contribution in [3.63, 3.8) is 0 Å². The van der Waals surface area contributed by atoms with Gasteiger partial charge in [-0.25, -0.2) is 0 Å². The third kappa shape index (κ3) is 2.82. The van der Waals surface area contributed by atoms with Gasteiger partial charge >= 0.3 is 6.01 Å². The topological polar surface area (TPSA) is 80.8 Å². The van der Waals surface area contributed by atoms with Gasteiger partial charge in [0.05, 0.1) is 17.9 Å². The van der Waals surface area contributed by atoms with Crippen LogP contribution in [0.4, 0.5) is 11.7 Å². The Balaban J connectivity index is 2.03. The summed E-state index contributed by atoms with van der Waals surface area (Å²) in [6, 6.07) is 0.426. The fourth-order valence-electron chi connectivity index (χ4n) is 1.46. The molecular formula is C10H16N6O. The summed E-state index contributed by atoms with van der Waals surface area (Å²) in [5.74, 6) is 0.568. The highest BCUT2D eigenvalue weighted by molar-refractivity contribution is 5.48. The summed E-state index contributed by atoms with van der Waals surface area (Å²) in [5, 5.41) is 18.1. The van der Waals surface area contributed by atoms with E-state index in [1.165, 1.54) is 0 Å². The van der Waals surface area contributed by atoms with E-state index in [1.54, 1.807) is 10.9 Å². The van der Waals surface area contributed by atoms with E-state index in [0.29, 0.717) is 11.9 Å². The fraction of sp³-hybridized carbons (Fsp3) is 0.500. The second-order valence-corrected chi connectivity index (χ2v) is 3.75. The van der Waals surface area contributed by atoms with Crippen LogP contribution in [0.25, 0.3) is 0 Å². The Bertz CT molecular complexity index is 477. The molecule has 0 spiro atoms. The molecule has 0 saturated carbocycles. The molecule has 2 heterocycles. The van der Waals surface area contributed by atoms with Crippen LogP contribution in [0, 0.1) is 0 Å². The van der Waals surface area contributed by atoms with Crippen molar-refractivity contribution in [2.75, 3.05) is 11.9 Å². The van der Waals surface area contributed by atoms with Crippen LogP contribution < -0.4 is 10.6 Å². The Hall–Kier alpha value is -1.89. The normalized spacial score (nSPS) is 12.6. The van der Waals surface area contributed by atoms with Crippen molar-refractivity contribution in [3.05, 3.63) is 18.3 Å². The van der Waals surface area contributed by atoms with Crippen LogP contribution in [0.15, 0.2) is 16.8 Å². The summed E-state index contributed by atoms with van der Waals surface area (Å²) < 4.78 is 7.17. The van der Waals surface area contributed by atoms with E-state index in [-0.39, 0.29) is 6.04 Å². The van der Waals surface area contributed by atoms with E-state index in [2.05, 4.69) is 25.9 Å². The number of aryl methyl sites for hydroxylation is 1. The van der Waals surface area contributed by atoms with Gasteiger partial charge in [0.25, 0.3) is 0 Å². The van der Waals surface area contributed by atoms with Gasteiger partial charge in [-0.3, -0.25) is 4.68 Å². The predicted molar refractivity (Wildman–Crippen MR) is 62.9 cm³/mol.